The van der Waals surface area contributed by atoms with E-state index in [1.807, 2.05) is 6.92 Å². The highest BCUT2D eigenvalue weighted by Gasteiger charge is 2.25. The highest BCUT2D eigenvalue weighted by atomic mass is 16.4. The third-order valence-electron chi connectivity index (χ3n) is 3.37. The van der Waals surface area contributed by atoms with Crippen molar-refractivity contribution >= 4 is 11.9 Å². The van der Waals surface area contributed by atoms with E-state index in [0.717, 1.165) is 12.8 Å². The van der Waals surface area contributed by atoms with Crippen molar-refractivity contribution in [3.8, 4) is 11.5 Å². The molecule has 0 fully saturated rings. The Morgan fingerprint density at radius 2 is 1.95 bits per heavy atom. The molecule has 0 heterocycles. The van der Waals surface area contributed by atoms with Gasteiger partial charge in [-0.2, -0.15) is 0 Å². The Balaban J connectivity index is 2.71. The van der Waals surface area contributed by atoms with E-state index in [1.165, 1.54) is 18.2 Å². The van der Waals surface area contributed by atoms with Gasteiger partial charge in [0, 0.05) is 12.8 Å². The maximum Gasteiger partial charge on any atom is 0.326 e. The van der Waals surface area contributed by atoms with Gasteiger partial charge in [0.15, 0.2) is 17.5 Å². The number of quaternary nitrogens is 1. The number of benzene rings is 1. The van der Waals surface area contributed by atoms with Gasteiger partial charge < -0.3 is 26.4 Å². The van der Waals surface area contributed by atoms with E-state index in [-0.39, 0.29) is 17.9 Å². The molecule has 0 aromatic heterocycles. The van der Waals surface area contributed by atoms with Gasteiger partial charge >= 0.3 is 5.97 Å². The standard InChI is InChI=1S/C15H22N2O5/c1-2-3-4-10(16)14(20)17-11(15(21)22)7-9-5-6-12(18)13(19)8-9/h5-6,8,10-11,18-19H,2-4,7,16H2,1H3,(H,17,20)(H,21,22)/p+1/t10-,11-/m0/s1. The molecule has 0 saturated heterocycles. The zero-order valence-electron chi connectivity index (χ0n) is 12.6. The van der Waals surface area contributed by atoms with Crippen molar-refractivity contribution in [2.75, 3.05) is 0 Å². The molecule has 122 valence electrons. The Bertz CT molecular complexity index is 533. The average molecular weight is 311 g/mol. The van der Waals surface area contributed by atoms with Gasteiger partial charge in [0.2, 0.25) is 0 Å². The number of rotatable bonds is 8. The Morgan fingerprint density at radius 1 is 1.27 bits per heavy atom. The molecule has 7 nitrogen and oxygen atoms in total. The number of nitrogens with one attached hydrogen (secondary N) is 1. The van der Waals surface area contributed by atoms with Crippen molar-refractivity contribution < 1.29 is 30.6 Å². The smallest absolute Gasteiger partial charge is 0.326 e. The van der Waals surface area contributed by atoms with Crippen molar-refractivity contribution in [2.45, 2.75) is 44.7 Å². The lowest BCUT2D eigenvalue weighted by Crippen LogP contribution is -2.68. The molecule has 0 bridgehead atoms. The van der Waals surface area contributed by atoms with Crippen LogP contribution in [0.1, 0.15) is 31.7 Å². The van der Waals surface area contributed by atoms with Crippen molar-refractivity contribution in [3.05, 3.63) is 23.8 Å². The van der Waals surface area contributed by atoms with Crippen LogP contribution in [0.15, 0.2) is 18.2 Å². The Kier molecular flexibility index (Phi) is 6.65. The zero-order chi connectivity index (χ0) is 16.7. The number of amides is 1. The summed E-state index contributed by atoms with van der Waals surface area (Å²) in [5.41, 5.74) is 4.24. The van der Waals surface area contributed by atoms with E-state index in [0.29, 0.717) is 12.0 Å². The minimum Gasteiger partial charge on any atom is -0.504 e. The van der Waals surface area contributed by atoms with E-state index >= 15 is 0 Å². The van der Waals surface area contributed by atoms with Gasteiger partial charge in [-0.1, -0.05) is 19.4 Å². The number of phenols is 2. The molecule has 0 aliphatic heterocycles. The van der Waals surface area contributed by atoms with Crippen molar-refractivity contribution in [1.82, 2.24) is 5.32 Å². The fourth-order valence-corrected chi connectivity index (χ4v) is 2.00. The van der Waals surface area contributed by atoms with Crippen LogP contribution in [0.25, 0.3) is 0 Å². The van der Waals surface area contributed by atoms with Crippen LogP contribution in [0.2, 0.25) is 0 Å². The van der Waals surface area contributed by atoms with Crippen LogP contribution in [0.3, 0.4) is 0 Å². The van der Waals surface area contributed by atoms with E-state index in [9.17, 15) is 24.9 Å². The van der Waals surface area contributed by atoms with Crippen LogP contribution >= 0.6 is 0 Å². The summed E-state index contributed by atoms with van der Waals surface area (Å²) in [6, 6.07) is 2.44. The predicted molar refractivity (Wildman–Crippen MR) is 79.2 cm³/mol. The molecule has 1 aromatic rings. The summed E-state index contributed by atoms with van der Waals surface area (Å²) in [6.45, 7) is 2.00. The minimum absolute atomic E-state index is 0.00934. The quantitative estimate of drug-likeness (QED) is 0.431. The largest absolute Gasteiger partial charge is 0.504 e. The molecule has 7 heteroatoms. The first-order valence-electron chi connectivity index (χ1n) is 7.22. The number of aliphatic carboxylic acids is 1. The molecule has 0 saturated carbocycles. The van der Waals surface area contributed by atoms with Gasteiger partial charge in [-0.3, -0.25) is 4.79 Å². The SMILES string of the molecule is CCCC[C@H]([NH3+])C(=O)N[C@@H](Cc1ccc(O)c(O)c1)C(=O)O. The van der Waals surface area contributed by atoms with Crippen LogP contribution in [0.4, 0.5) is 0 Å². The number of unbranched alkanes of at least 4 members (excludes halogenated alkanes) is 1. The van der Waals surface area contributed by atoms with Crippen LogP contribution < -0.4 is 11.1 Å². The third-order valence-corrected chi connectivity index (χ3v) is 3.37. The number of carboxylic acid groups (broad SMARTS) is 1. The molecule has 0 spiro atoms. The van der Waals surface area contributed by atoms with Gasteiger partial charge in [0.05, 0.1) is 0 Å². The summed E-state index contributed by atoms with van der Waals surface area (Å²) >= 11 is 0. The van der Waals surface area contributed by atoms with Crippen molar-refractivity contribution in [3.63, 3.8) is 0 Å². The Morgan fingerprint density at radius 3 is 2.50 bits per heavy atom. The van der Waals surface area contributed by atoms with E-state index in [4.69, 9.17) is 0 Å². The molecule has 1 amide bonds. The van der Waals surface area contributed by atoms with Crippen LogP contribution in [-0.2, 0) is 16.0 Å². The van der Waals surface area contributed by atoms with Crippen molar-refractivity contribution in [2.24, 2.45) is 0 Å². The molecule has 1 aromatic carbocycles. The Hall–Kier alpha value is -2.28. The Labute approximate surface area is 128 Å². The van der Waals surface area contributed by atoms with Gasteiger partial charge in [-0.05, 0) is 24.1 Å². The number of carbonyl (C=O) groups is 2. The monoisotopic (exact) mass is 311 g/mol. The summed E-state index contributed by atoms with van der Waals surface area (Å²) in [7, 11) is 0. The van der Waals surface area contributed by atoms with E-state index < -0.39 is 24.0 Å². The van der Waals surface area contributed by atoms with Gasteiger partial charge in [-0.15, -0.1) is 0 Å². The van der Waals surface area contributed by atoms with Crippen LogP contribution in [0, 0.1) is 0 Å². The number of carboxylic acids is 1. The van der Waals surface area contributed by atoms with E-state index in [1.54, 1.807) is 0 Å². The predicted octanol–water partition coefficient (Wildman–Crippen LogP) is 0.0104. The molecule has 2 atom stereocenters. The van der Waals surface area contributed by atoms with Crippen molar-refractivity contribution in [1.29, 1.82) is 0 Å². The summed E-state index contributed by atoms with van der Waals surface area (Å²) < 4.78 is 0. The molecule has 0 radical (unpaired) electrons. The highest BCUT2D eigenvalue weighted by molar-refractivity contribution is 5.86. The molecule has 0 aliphatic carbocycles. The van der Waals surface area contributed by atoms with Gasteiger partial charge in [0.25, 0.3) is 5.91 Å². The average Bonchev–Trinajstić information content (AvgIpc) is 2.47. The normalized spacial score (nSPS) is 13.4. The van der Waals surface area contributed by atoms with E-state index in [2.05, 4.69) is 11.1 Å². The molecule has 1 rings (SSSR count). The number of aromatic hydroxyl groups is 2. The first-order chi connectivity index (χ1) is 10.3. The molecule has 0 aliphatic rings. The first kappa shape index (κ1) is 17.8. The molecular weight excluding hydrogens is 288 g/mol. The summed E-state index contributed by atoms with van der Waals surface area (Å²) in [6.07, 6.45) is 2.41. The minimum atomic E-state index is -1.16. The molecular formula is C15H23N2O5+. The maximum absolute atomic E-state index is 11.9. The van der Waals surface area contributed by atoms with Gasteiger partial charge in [-0.25, -0.2) is 4.79 Å². The maximum atomic E-state index is 11.9. The zero-order valence-corrected chi connectivity index (χ0v) is 12.6. The second-order valence-corrected chi connectivity index (χ2v) is 5.27. The highest BCUT2D eigenvalue weighted by Crippen LogP contribution is 2.25. The second kappa shape index (κ2) is 8.23. The topological polar surface area (TPSA) is 134 Å². The lowest BCUT2D eigenvalue weighted by Gasteiger charge is -2.16. The lowest BCUT2D eigenvalue weighted by atomic mass is 10.0. The molecule has 7 N–H and O–H groups in total. The summed E-state index contributed by atoms with van der Waals surface area (Å²) in [5, 5.41) is 30.3. The lowest BCUT2D eigenvalue weighted by molar-refractivity contribution is -0.405. The molecule has 0 unspecified atom stereocenters. The molecule has 22 heavy (non-hydrogen) atoms. The summed E-state index contributed by atoms with van der Waals surface area (Å²) in [5.74, 6) is -2.17. The second-order valence-electron chi connectivity index (χ2n) is 5.27. The van der Waals surface area contributed by atoms with Gasteiger partial charge in [0.1, 0.15) is 6.04 Å². The number of hydrogen-bond acceptors (Lipinski definition) is 4. The fraction of sp³-hybridized carbons (Fsp3) is 0.467. The van der Waals surface area contributed by atoms with Crippen LogP contribution in [-0.4, -0.2) is 39.3 Å². The number of hydrogen-bond donors (Lipinski definition) is 5. The summed E-state index contributed by atoms with van der Waals surface area (Å²) in [4.78, 5) is 23.2. The number of phenolic OH excluding ortho intramolecular Hbond substituents is 2. The fourth-order valence-electron chi connectivity index (χ4n) is 2.00. The number of carbonyl (C=O) groups excluding carboxylic acids is 1. The van der Waals surface area contributed by atoms with Crippen LogP contribution in [0.5, 0.6) is 11.5 Å². The first-order valence-corrected chi connectivity index (χ1v) is 7.22. The third kappa shape index (κ3) is 5.25.